The fourth-order valence-corrected chi connectivity index (χ4v) is 0.820. The van der Waals surface area contributed by atoms with Crippen molar-refractivity contribution in [3.8, 4) is 0 Å². The van der Waals surface area contributed by atoms with Gasteiger partial charge in [-0.15, -0.1) is 0 Å². The Labute approximate surface area is 66.4 Å². The van der Waals surface area contributed by atoms with Gasteiger partial charge >= 0.3 is 11.1 Å². The number of alkyl halides is 1. The number of carbonyl (C=O) groups excluding carboxylic acids is 2. The average molecular weight is 180 g/mol. The quantitative estimate of drug-likeness (QED) is 0.340. The maximum atomic E-state index is 10.5. The largest absolute Gasteiger partial charge is 0.306 e. The first kappa shape index (κ1) is 7.49. The molecule has 5 nitrogen and oxygen atoms in total. The van der Waals surface area contributed by atoms with Crippen molar-refractivity contribution in [1.82, 2.24) is 5.01 Å². The molecule has 10 heavy (non-hydrogen) atoms. The second-order valence-electron chi connectivity index (χ2n) is 1.49. The number of nitrogens with zero attached hydrogens (tertiary/aromatic N) is 3. The molecule has 0 N–H and O–H groups in total. The Balaban J connectivity index is 2.76. The minimum Gasteiger partial charge on any atom is -0.267 e. The van der Waals surface area contributed by atoms with E-state index in [1.807, 2.05) is 0 Å². The second-order valence-corrected chi connectivity index (χ2v) is 2.29. The number of hydrogen-bond acceptors (Lipinski definition) is 3. The summed E-state index contributed by atoms with van der Waals surface area (Å²) in [6.45, 7) is 0. The van der Waals surface area contributed by atoms with E-state index < -0.39 is 16.6 Å². The number of thiol groups is 1. The average Bonchev–Trinajstić information content (AvgIpc) is 2.14. The molecule has 0 bridgehead atoms. The third-order valence-corrected chi connectivity index (χ3v) is 1.43. The van der Waals surface area contributed by atoms with Gasteiger partial charge in [0, 0.05) is 0 Å². The van der Waals surface area contributed by atoms with Crippen LogP contribution in [0.3, 0.4) is 0 Å². The van der Waals surface area contributed by atoms with Crippen LogP contribution in [0.5, 0.6) is 0 Å². The highest BCUT2D eigenvalue weighted by molar-refractivity contribution is 7.96. The van der Waals surface area contributed by atoms with Gasteiger partial charge in [-0.1, -0.05) is 34.6 Å². The van der Waals surface area contributed by atoms with Crippen molar-refractivity contribution in [2.45, 2.75) is 5.50 Å². The molecule has 1 aliphatic heterocycles. The third kappa shape index (κ3) is 1.12. The lowest BCUT2D eigenvalue weighted by atomic mass is 10.6. The van der Waals surface area contributed by atoms with E-state index in [1.54, 1.807) is 0 Å². The van der Waals surface area contributed by atoms with Crippen molar-refractivity contribution in [1.29, 1.82) is 0 Å². The Kier molecular flexibility index (Phi) is 1.91. The monoisotopic (exact) mass is 179 g/mol. The zero-order valence-electron chi connectivity index (χ0n) is 4.56. The summed E-state index contributed by atoms with van der Waals surface area (Å²) in [5, 5.41) is 6.17. The molecule has 1 rings (SSSR count). The molecule has 7 heteroatoms. The molecule has 0 aromatic heterocycles. The molecular formula is C3H2ClN3O2S. The summed E-state index contributed by atoms with van der Waals surface area (Å²) in [5.74, 6) is -0.649. The first-order valence-corrected chi connectivity index (χ1v) is 3.13. The van der Waals surface area contributed by atoms with E-state index in [4.69, 9.17) is 11.6 Å². The first-order valence-electron chi connectivity index (χ1n) is 2.24. The van der Waals surface area contributed by atoms with Gasteiger partial charge in [0.25, 0.3) is 0 Å². The molecule has 1 unspecified atom stereocenters. The van der Waals surface area contributed by atoms with E-state index >= 15 is 0 Å². The van der Waals surface area contributed by atoms with Gasteiger partial charge in [-0.05, 0) is 0 Å². The molecule has 0 aromatic rings. The number of rotatable bonds is 0. The smallest absolute Gasteiger partial charge is 0.267 e. The highest BCUT2D eigenvalue weighted by Gasteiger charge is 2.31. The van der Waals surface area contributed by atoms with Crippen LogP contribution >= 0.6 is 24.2 Å². The van der Waals surface area contributed by atoms with Crippen molar-refractivity contribution >= 4 is 35.4 Å². The molecule has 1 aliphatic rings. The highest BCUT2D eigenvalue weighted by atomic mass is 35.5. The highest BCUT2D eigenvalue weighted by Crippen LogP contribution is 2.16. The Bertz CT molecular complexity index is 218. The number of hydrogen-bond donors (Lipinski definition) is 1. The fraction of sp³-hybridized carbons (Fsp3) is 0.333. The van der Waals surface area contributed by atoms with Gasteiger partial charge in [0.1, 0.15) is 0 Å². The lowest BCUT2D eigenvalue weighted by Gasteiger charge is -2.07. The van der Waals surface area contributed by atoms with Gasteiger partial charge in [0.15, 0.2) is 0 Å². The molecule has 0 aliphatic carbocycles. The topological polar surface area (TPSA) is 62.1 Å². The lowest BCUT2D eigenvalue weighted by Crippen LogP contribution is -2.28. The number of halogens is 1. The molecular weight excluding hydrogens is 178 g/mol. The Morgan fingerprint density at radius 1 is 1.80 bits per heavy atom. The van der Waals surface area contributed by atoms with Crippen LogP contribution in [0.25, 0.3) is 0 Å². The van der Waals surface area contributed by atoms with Crippen LogP contribution in [-0.2, 0) is 4.79 Å². The SMILES string of the molecule is O=C1N=NN(C(=O)S)C1Cl. The minimum absolute atomic E-state index is 0.649. The Morgan fingerprint density at radius 2 is 2.40 bits per heavy atom. The molecule has 0 aromatic carbocycles. The zero-order chi connectivity index (χ0) is 7.72. The first-order chi connectivity index (χ1) is 4.63. The van der Waals surface area contributed by atoms with E-state index in [9.17, 15) is 9.59 Å². The predicted octanol–water partition coefficient (Wildman–Crippen LogP) is 0.810. The zero-order valence-corrected chi connectivity index (χ0v) is 6.21. The van der Waals surface area contributed by atoms with Gasteiger partial charge in [-0.25, -0.2) is 0 Å². The molecule has 2 amide bonds. The van der Waals surface area contributed by atoms with Crippen LogP contribution in [0.1, 0.15) is 0 Å². The number of amides is 2. The van der Waals surface area contributed by atoms with Crippen molar-refractivity contribution < 1.29 is 9.59 Å². The van der Waals surface area contributed by atoms with Crippen molar-refractivity contribution in [3.05, 3.63) is 0 Å². The summed E-state index contributed by atoms with van der Waals surface area (Å²) >= 11 is 8.73. The van der Waals surface area contributed by atoms with E-state index in [1.165, 1.54) is 0 Å². The van der Waals surface area contributed by atoms with Gasteiger partial charge in [-0.2, -0.15) is 5.01 Å². The molecule has 0 radical (unpaired) electrons. The van der Waals surface area contributed by atoms with Crippen molar-refractivity contribution in [3.63, 3.8) is 0 Å². The summed E-state index contributed by atoms with van der Waals surface area (Å²) in [5.41, 5.74) is -1.12. The molecule has 0 saturated heterocycles. The molecule has 1 heterocycles. The van der Waals surface area contributed by atoms with Gasteiger partial charge in [0.05, 0.1) is 0 Å². The Morgan fingerprint density at radius 3 is 2.60 bits per heavy atom. The van der Waals surface area contributed by atoms with Crippen LogP contribution in [0.2, 0.25) is 0 Å². The summed E-state index contributed by atoms with van der Waals surface area (Å²) in [6.07, 6.45) is 0. The lowest BCUT2D eigenvalue weighted by molar-refractivity contribution is -0.117. The maximum Gasteiger partial charge on any atom is 0.306 e. The van der Waals surface area contributed by atoms with E-state index in [-0.39, 0.29) is 0 Å². The molecule has 0 saturated carbocycles. The van der Waals surface area contributed by atoms with Gasteiger partial charge < -0.3 is 0 Å². The maximum absolute atomic E-state index is 10.5. The third-order valence-electron chi connectivity index (χ3n) is 0.854. The second kappa shape index (κ2) is 2.55. The van der Waals surface area contributed by atoms with Gasteiger partial charge in [-0.3, -0.25) is 9.59 Å². The van der Waals surface area contributed by atoms with Crippen LogP contribution in [-0.4, -0.2) is 21.7 Å². The summed E-state index contributed by atoms with van der Waals surface area (Å²) in [6, 6.07) is 0. The summed E-state index contributed by atoms with van der Waals surface area (Å²) in [7, 11) is 0. The molecule has 0 fully saturated rings. The van der Waals surface area contributed by atoms with E-state index in [2.05, 4.69) is 23.0 Å². The molecule has 1 atom stereocenters. The predicted molar refractivity (Wildman–Crippen MR) is 35.7 cm³/mol. The summed E-state index contributed by atoms with van der Waals surface area (Å²) < 4.78 is 0. The van der Waals surface area contributed by atoms with Crippen molar-refractivity contribution in [2.24, 2.45) is 10.3 Å². The normalized spacial score (nSPS) is 24.0. The Hall–Kier alpha value is -0.620. The van der Waals surface area contributed by atoms with Gasteiger partial charge in [0.2, 0.25) is 5.50 Å². The minimum atomic E-state index is -1.12. The van der Waals surface area contributed by atoms with Crippen LogP contribution < -0.4 is 0 Å². The van der Waals surface area contributed by atoms with E-state index in [0.29, 0.717) is 5.01 Å². The fourth-order valence-electron chi connectivity index (χ4n) is 0.425. The standard InChI is InChI=1S/C3H2ClN3O2S/c4-1-2(8)5-6-7(1)3(9)10/h1H,(H,9,10). The van der Waals surface area contributed by atoms with Crippen LogP contribution in [0, 0.1) is 0 Å². The van der Waals surface area contributed by atoms with Crippen LogP contribution in [0.4, 0.5) is 4.79 Å². The molecule has 54 valence electrons. The molecule has 0 spiro atoms. The van der Waals surface area contributed by atoms with Crippen molar-refractivity contribution in [2.75, 3.05) is 0 Å². The van der Waals surface area contributed by atoms with Crippen LogP contribution in [0.15, 0.2) is 10.3 Å². The number of carbonyl (C=O) groups is 2. The van der Waals surface area contributed by atoms with E-state index in [0.717, 1.165) is 0 Å². The summed E-state index contributed by atoms with van der Waals surface area (Å²) in [4.78, 5) is 20.9.